The number of hydrogen-bond acceptors (Lipinski definition) is 3. The van der Waals surface area contributed by atoms with Gasteiger partial charge in [-0.15, -0.1) is 0 Å². The van der Waals surface area contributed by atoms with Gasteiger partial charge >= 0.3 is 0 Å². The fraction of sp³-hybridized carbons (Fsp3) is 0.286. The molecule has 26 heavy (non-hydrogen) atoms. The first kappa shape index (κ1) is 18.2. The standard InChI is InChI=1S/C21H24N2O3/c1-15(7-5-6-14-24)20(26-2)16-10-12-17(13-11-16)23-21(25)18-8-3-4-9-19(18)22-23/h3-5,7-13,15,20,22,24H,6,14H2,1-2H3/b7-5+/t15-,20+/m0/s1. The number of para-hydroxylation sites is 1. The van der Waals surface area contributed by atoms with Gasteiger partial charge in [0.15, 0.2) is 0 Å². The summed E-state index contributed by atoms with van der Waals surface area (Å²) in [7, 11) is 1.69. The number of nitrogens with zero attached hydrogens (tertiary/aromatic N) is 1. The molecule has 3 rings (SSSR count). The summed E-state index contributed by atoms with van der Waals surface area (Å²) in [5.41, 5.74) is 2.59. The van der Waals surface area contributed by atoms with Crippen LogP contribution in [-0.2, 0) is 4.74 Å². The van der Waals surface area contributed by atoms with Gasteiger partial charge in [0.25, 0.3) is 5.56 Å². The largest absolute Gasteiger partial charge is 0.396 e. The fourth-order valence-corrected chi connectivity index (χ4v) is 3.19. The maximum Gasteiger partial charge on any atom is 0.279 e. The van der Waals surface area contributed by atoms with Crippen molar-refractivity contribution in [2.45, 2.75) is 19.4 Å². The smallest absolute Gasteiger partial charge is 0.279 e. The molecule has 136 valence electrons. The number of fused-ring (bicyclic) bond motifs is 1. The maximum atomic E-state index is 12.5. The number of nitrogens with one attached hydrogen (secondary N) is 1. The van der Waals surface area contributed by atoms with Crippen LogP contribution < -0.4 is 5.56 Å². The molecular formula is C21H24N2O3. The zero-order valence-corrected chi connectivity index (χ0v) is 15.1. The molecule has 5 nitrogen and oxygen atoms in total. The molecule has 1 aromatic heterocycles. The predicted octanol–water partition coefficient (Wildman–Crippen LogP) is 3.58. The van der Waals surface area contributed by atoms with E-state index in [0.29, 0.717) is 11.8 Å². The molecule has 2 aromatic carbocycles. The minimum atomic E-state index is -0.0848. The molecule has 2 N–H and O–H groups in total. The summed E-state index contributed by atoms with van der Waals surface area (Å²) in [6.45, 7) is 2.23. The molecule has 0 aliphatic rings. The number of aliphatic hydroxyl groups is 1. The average molecular weight is 352 g/mol. The fourth-order valence-electron chi connectivity index (χ4n) is 3.19. The highest BCUT2D eigenvalue weighted by molar-refractivity contribution is 5.78. The molecule has 0 spiro atoms. The highest BCUT2D eigenvalue weighted by Crippen LogP contribution is 2.27. The van der Waals surface area contributed by atoms with Gasteiger partial charge in [0, 0.05) is 19.6 Å². The molecule has 1 heterocycles. The number of hydrogen-bond donors (Lipinski definition) is 2. The summed E-state index contributed by atoms with van der Waals surface area (Å²) in [6.07, 6.45) is 4.58. The highest BCUT2D eigenvalue weighted by Gasteiger charge is 2.17. The average Bonchev–Trinajstić information content (AvgIpc) is 3.00. The lowest BCUT2D eigenvalue weighted by molar-refractivity contribution is 0.0740. The van der Waals surface area contributed by atoms with Crippen molar-refractivity contribution in [2.75, 3.05) is 13.7 Å². The molecule has 0 saturated heterocycles. The van der Waals surface area contributed by atoms with E-state index in [1.165, 1.54) is 0 Å². The summed E-state index contributed by atoms with van der Waals surface area (Å²) in [5.74, 6) is 0.174. The Labute approximate surface area is 152 Å². The van der Waals surface area contributed by atoms with E-state index < -0.39 is 0 Å². The van der Waals surface area contributed by atoms with Crippen molar-refractivity contribution in [3.63, 3.8) is 0 Å². The van der Waals surface area contributed by atoms with Crippen LogP contribution in [-0.4, -0.2) is 28.6 Å². The first-order chi connectivity index (χ1) is 12.7. The lowest BCUT2D eigenvalue weighted by Gasteiger charge is -2.21. The zero-order chi connectivity index (χ0) is 18.5. The van der Waals surface area contributed by atoms with Crippen molar-refractivity contribution in [1.29, 1.82) is 0 Å². The van der Waals surface area contributed by atoms with Gasteiger partial charge < -0.3 is 9.84 Å². The molecule has 0 amide bonds. The molecule has 5 heteroatoms. The normalized spacial score (nSPS) is 14.1. The van der Waals surface area contributed by atoms with Crippen molar-refractivity contribution >= 4 is 10.9 Å². The Bertz CT molecular complexity index is 938. The Morgan fingerprint density at radius 3 is 2.58 bits per heavy atom. The third kappa shape index (κ3) is 3.64. The Morgan fingerprint density at radius 1 is 1.19 bits per heavy atom. The first-order valence-electron chi connectivity index (χ1n) is 8.76. The second-order valence-electron chi connectivity index (χ2n) is 6.35. The molecule has 2 atom stereocenters. The van der Waals surface area contributed by atoms with Crippen LogP contribution in [0.3, 0.4) is 0 Å². The van der Waals surface area contributed by atoms with Gasteiger partial charge in [0.1, 0.15) is 0 Å². The van der Waals surface area contributed by atoms with Gasteiger partial charge in [0.05, 0.1) is 22.7 Å². The number of methoxy groups -OCH3 is 1. The molecule has 0 saturated carbocycles. The number of rotatable bonds is 7. The van der Waals surface area contributed by atoms with E-state index in [9.17, 15) is 4.79 Å². The van der Waals surface area contributed by atoms with Crippen LogP contribution in [0.5, 0.6) is 0 Å². The van der Waals surface area contributed by atoms with E-state index in [0.717, 1.165) is 16.8 Å². The number of aromatic nitrogens is 2. The monoisotopic (exact) mass is 352 g/mol. The lowest BCUT2D eigenvalue weighted by atomic mass is 9.96. The van der Waals surface area contributed by atoms with Crippen LogP contribution in [0.2, 0.25) is 0 Å². The number of ether oxygens (including phenoxy) is 1. The SMILES string of the molecule is CO[C@@H](c1ccc(-n2[nH]c3ccccc3c2=O)cc1)[C@@H](C)/C=C/CCO. The predicted molar refractivity (Wildman–Crippen MR) is 104 cm³/mol. The number of aromatic amines is 1. The molecule has 0 aliphatic carbocycles. The Balaban J connectivity index is 1.87. The van der Waals surface area contributed by atoms with Gasteiger partial charge in [-0.3, -0.25) is 9.89 Å². The Morgan fingerprint density at radius 2 is 1.92 bits per heavy atom. The molecule has 0 aliphatic heterocycles. The highest BCUT2D eigenvalue weighted by atomic mass is 16.5. The van der Waals surface area contributed by atoms with Crippen LogP contribution in [0.1, 0.15) is 25.0 Å². The van der Waals surface area contributed by atoms with E-state index >= 15 is 0 Å². The van der Waals surface area contributed by atoms with Crippen molar-refractivity contribution in [3.05, 3.63) is 76.6 Å². The molecule has 3 aromatic rings. The molecule has 0 bridgehead atoms. The maximum absolute atomic E-state index is 12.5. The zero-order valence-electron chi connectivity index (χ0n) is 15.1. The lowest BCUT2D eigenvalue weighted by Crippen LogP contribution is -2.15. The van der Waals surface area contributed by atoms with Gasteiger partial charge in [0.2, 0.25) is 0 Å². The Hall–Kier alpha value is -2.63. The summed E-state index contributed by atoms with van der Waals surface area (Å²) < 4.78 is 7.21. The van der Waals surface area contributed by atoms with Gasteiger partial charge in [-0.2, -0.15) is 0 Å². The van der Waals surface area contributed by atoms with Crippen LogP contribution in [0.25, 0.3) is 16.6 Å². The first-order valence-corrected chi connectivity index (χ1v) is 8.76. The van der Waals surface area contributed by atoms with Crippen LogP contribution in [0.4, 0.5) is 0 Å². The molecular weight excluding hydrogens is 328 g/mol. The van der Waals surface area contributed by atoms with Crippen LogP contribution in [0, 0.1) is 5.92 Å². The third-order valence-corrected chi connectivity index (χ3v) is 4.54. The summed E-state index contributed by atoms with van der Waals surface area (Å²) in [4.78, 5) is 12.5. The van der Waals surface area contributed by atoms with Gasteiger partial charge in [-0.1, -0.05) is 43.3 Å². The minimum absolute atomic E-state index is 0.0584. The summed E-state index contributed by atoms with van der Waals surface area (Å²) >= 11 is 0. The van der Waals surface area contributed by atoms with Crippen molar-refractivity contribution in [2.24, 2.45) is 5.92 Å². The van der Waals surface area contributed by atoms with E-state index in [1.807, 2.05) is 54.6 Å². The van der Waals surface area contributed by atoms with E-state index in [1.54, 1.807) is 11.8 Å². The van der Waals surface area contributed by atoms with E-state index in [2.05, 4.69) is 18.1 Å². The number of H-pyrrole nitrogens is 1. The number of benzene rings is 2. The second kappa shape index (κ2) is 8.17. The summed E-state index contributed by atoms with van der Waals surface area (Å²) in [6, 6.07) is 15.3. The van der Waals surface area contributed by atoms with Gasteiger partial charge in [-0.05, 0) is 36.2 Å². The Kier molecular flexibility index (Phi) is 5.71. The second-order valence-corrected chi connectivity index (χ2v) is 6.35. The van der Waals surface area contributed by atoms with Crippen molar-refractivity contribution in [3.8, 4) is 5.69 Å². The molecule has 0 unspecified atom stereocenters. The van der Waals surface area contributed by atoms with Crippen molar-refractivity contribution in [1.82, 2.24) is 9.78 Å². The minimum Gasteiger partial charge on any atom is -0.396 e. The van der Waals surface area contributed by atoms with E-state index in [-0.39, 0.29) is 24.2 Å². The van der Waals surface area contributed by atoms with Crippen molar-refractivity contribution < 1.29 is 9.84 Å². The van der Waals surface area contributed by atoms with Crippen LogP contribution >= 0.6 is 0 Å². The molecule has 0 radical (unpaired) electrons. The van der Waals surface area contributed by atoms with Gasteiger partial charge in [-0.25, -0.2) is 4.68 Å². The topological polar surface area (TPSA) is 67.2 Å². The summed E-state index contributed by atoms with van der Waals surface area (Å²) in [5, 5.41) is 12.7. The third-order valence-electron chi connectivity index (χ3n) is 4.54. The number of aliphatic hydroxyl groups excluding tert-OH is 1. The molecule has 0 fully saturated rings. The van der Waals surface area contributed by atoms with E-state index in [4.69, 9.17) is 9.84 Å². The quantitative estimate of drug-likeness (QED) is 0.639. The van der Waals surface area contributed by atoms with Crippen LogP contribution in [0.15, 0.2) is 65.5 Å².